The Bertz CT molecular complexity index is 1500. The molecule has 0 spiro atoms. The summed E-state index contributed by atoms with van der Waals surface area (Å²) in [6.07, 6.45) is 2.84. The van der Waals surface area contributed by atoms with Crippen LogP contribution in [-0.2, 0) is 10.0 Å². The first-order valence-corrected chi connectivity index (χ1v) is 11.7. The molecule has 0 aliphatic rings. The first-order valence-electron chi connectivity index (χ1n) is 9.81. The predicted octanol–water partition coefficient (Wildman–Crippen LogP) is 4.34. The average molecular weight is 504 g/mol. The molecule has 2 heterocycles. The third-order valence-corrected chi connectivity index (χ3v) is 6.49. The van der Waals surface area contributed by atoms with Gasteiger partial charge in [0, 0.05) is 42.0 Å². The molecule has 0 amide bonds. The molecule has 12 heteroatoms. The number of anilines is 2. The number of hydrogen-bond acceptors (Lipinski definition) is 8. The quantitative estimate of drug-likeness (QED) is 0.382. The van der Waals surface area contributed by atoms with Gasteiger partial charge in [-0.15, -0.1) is 0 Å². The van der Waals surface area contributed by atoms with E-state index in [2.05, 4.69) is 25.0 Å². The molecule has 176 valence electrons. The van der Waals surface area contributed by atoms with Gasteiger partial charge in [-0.05, 0) is 18.2 Å². The predicted molar refractivity (Wildman–Crippen MR) is 128 cm³/mol. The largest absolute Gasteiger partial charge is 0.496 e. The van der Waals surface area contributed by atoms with Gasteiger partial charge in [0.25, 0.3) is 10.0 Å². The highest BCUT2D eigenvalue weighted by atomic mass is 35.5. The Morgan fingerprint density at radius 2 is 1.82 bits per heavy atom. The maximum absolute atomic E-state index is 15.6. The third kappa shape index (κ3) is 4.39. The number of pyridine rings is 1. The first-order chi connectivity index (χ1) is 16.3. The molecule has 9 nitrogen and oxygen atoms in total. The van der Waals surface area contributed by atoms with Crippen LogP contribution in [0.1, 0.15) is 0 Å². The van der Waals surface area contributed by atoms with Crippen LogP contribution in [-0.4, -0.2) is 44.6 Å². The van der Waals surface area contributed by atoms with Crippen molar-refractivity contribution in [2.75, 3.05) is 31.3 Å². The van der Waals surface area contributed by atoms with Crippen molar-refractivity contribution in [3.05, 3.63) is 59.6 Å². The van der Waals surface area contributed by atoms with E-state index in [1.807, 2.05) is 0 Å². The number of aromatic nitrogens is 3. The van der Waals surface area contributed by atoms with Crippen LogP contribution in [0.3, 0.4) is 0 Å². The Morgan fingerprint density at radius 3 is 2.53 bits per heavy atom. The standard InChI is InChI=1S/C22H19ClFN5O4S/c1-25-22-27-10-12-7-15(18(32-2)9-17(12)28-22)14-5-4-6-16(20(14)24)29-34(30,31)19-8-13(23)11-26-21(19)33-3/h4-11,29H,1-3H3,(H,25,27,28). The van der Waals surface area contributed by atoms with Crippen LogP contribution in [0.15, 0.2) is 53.7 Å². The van der Waals surface area contributed by atoms with E-state index in [0.29, 0.717) is 28.2 Å². The molecule has 0 radical (unpaired) electrons. The topological polar surface area (TPSA) is 115 Å². The minimum absolute atomic E-state index is 0.0833. The van der Waals surface area contributed by atoms with Gasteiger partial charge < -0.3 is 14.8 Å². The summed E-state index contributed by atoms with van der Waals surface area (Å²) in [5.41, 5.74) is 0.838. The fourth-order valence-electron chi connectivity index (χ4n) is 3.33. The molecule has 2 aromatic heterocycles. The minimum Gasteiger partial charge on any atom is -0.496 e. The Balaban J connectivity index is 1.80. The number of halogens is 2. The molecule has 0 aliphatic carbocycles. The summed E-state index contributed by atoms with van der Waals surface area (Å²) in [4.78, 5) is 12.1. The highest BCUT2D eigenvalue weighted by Gasteiger charge is 2.24. The van der Waals surface area contributed by atoms with Gasteiger partial charge in [0.2, 0.25) is 11.8 Å². The average Bonchev–Trinajstić information content (AvgIpc) is 2.84. The molecular weight excluding hydrogens is 485 g/mol. The van der Waals surface area contributed by atoms with E-state index in [0.717, 1.165) is 0 Å². The molecule has 0 aliphatic heterocycles. The van der Waals surface area contributed by atoms with E-state index in [-0.39, 0.29) is 27.0 Å². The molecule has 34 heavy (non-hydrogen) atoms. The molecule has 0 saturated heterocycles. The molecule has 0 fully saturated rings. The van der Waals surface area contributed by atoms with Crippen molar-refractivity contribution in [3.8, 4) is 22.8 Å². The molecule has 0 unspecified atom stereocenters. The summed E-state index contributed by atoms with van der Waals surface area (Å²) >= 11 is 5.91. The zero-order valence-corrected chi connectivity index (χ0v) is 19.8. The summed E-state index contributed by atoms with van der Waals surface area (Å²) in [5, 5.41) is 3.59. The monoisotopic (exact) mass is 503 g/mol. The smallest absolute Gasteiger partial charge is 0.267 e. The zero-order chi connectivity index (χ0) is 24.5. The molecule has 0 saturated carbocycles. The van der Waals surface area contributed by atoms with Crippen LogP contribution in [0.4, 0.5) is 16.0 Å². The Labute approximate surface area is 200 Å². The lowest BCUT2D eigenvalue weighted by molar-refractivity contribution is 0.385. The van der Waals surface area contributed by atoms with Crippen molar-refractivity contribution in [2.45, 2.75) is 4.90 Å². The van der Waals surface area contributed by atoms with Crippen LogP contribution in [0.5, 0.6) is 11.6 Å². The number of benzene rings is 2. The van der Waals surface area contributed by atoms with Crippen molar-refractivity contribution in [3.63, 3.8) is 0 Å². The number of fused-ring (bicyclic) bond motifs is 1. The van der Waals surface area contributed by atoms with Crippen LogP contribution in [0, 0.1) is 5.82 Å². The maximum atomic E-state index is 15.6. The van der Waals surface area contributed by atoms with Crippen molar-refractivity contribution >= 4 is 44.2 Å². The maximum Gasteiger partial charge on any atom is 0.267 e. The molecule has 4 rings (SSSR count). The lowest BCUT2D eigenvalue weighted by Gasteiger charge is -2.15. The van der Waals surface area contributed by atoms with Gasteiger partial charge in [0.1, 0.15) is 5.75 Å². The van der Waals surface area contributed by atoms with Crippen LogP contribution >= 0.6 is 11.6 Å². The highest BCUT2D eigenvalue weighted by molar-refractivity contribution is 7.92. The van der Waals surface area contributed by atoms with Crippen LogP contribution < -0.4 is 19.5 Å². The second-order valence-corrected chi connectivity index (χ2v) is 9.08. The SMILES string of the molecule is CNc1ncc2cc(-c3cccc(NS(=O)(=O)c4cc(Cl)cnc4OC)c3F)c(OC)cc2n1. The Hall–Kier alpha value is -3.70. The molecule has 2 N–H and O–H groups in total. The lowest BCUT2D eigenvalue weighted by atomic mass is 10.0. The number of ether oxygens (including phenoxy) is 2. The van der Waals surface area contributed by atoms with E-state index >= 15 is 4.39 Å². The summed E-state index contributed by atoms with van der Waals surface area (Å²) in [7, 11) is 0.142. The fourth-order valence-corrected chi connectivity index (χ4v) is 4.76. The van der Waals surface area contributed by atoms with Crippen molar-refractivity contribution in [1.82, 2.24) is 15.0 Å². The van der Waals surface area contributed by atoms with E-state index in [1.165, 1.54) is 44.7 Å². The van der Waals surface area contributed by atoms with E-state index in [9.17, 15) is 8.42 Å². The summed E-state index contributed by atoms with van der Waals surface area (Å²) in [6.45, 7) is 0. The number of nitrogens with one attached hydrogen (secondary N) is 2. The van der Waals surface area contributed by atoms with E-state index in [4.69, 9.17) is 21.1 Å². The van der Waals surface area contributed by atoms with Crippen molar-refractivity contribution < 1.29 is 22.3 Å². The van der Waals surface area contributed by atoms with Crippen molar-refractivity contribution in [1.29, 1.82) is 0 Å². The molecular formula is C22H19ClFN5O4S. The van der Waals surface area contributed by atoms with Crippen LogP contribution in [0.25, 0.3) is 22.0 Å². The summed E-state index contributed by atoms with van der Waals surface area (Å²) in [6, 6.07) is 8.84. The second-order valence-electron chi connectivity index (χ2n) is 6.99. The molecule has 0 bridgehead atoms. The van der Waals surface area contributed by atoms with Gasteiger partial charge in [-0.25, -0.2) is 27.8 Å². The Morgan fingerprint density at radius 1 is 1.03 bits per heavy atom. The second kappa shape index (κ2) is 9.27. The normalized spacial score (nSPS) is 11.3. The summed E-state index contributed by atoms with van der Waals surface area (Å²) in [5.74, 6) is -0.195. The number of hydrogen-bond donors (Lipinski definition) is 2. The zero-order valence-electron chi connectivity index (χ0n) is 18.3. The number of rotatable bonds is 7. The lowest BCUT2D eigenvalue weighted by Crippen LogP contribution is -2.16. The van der Waals surface area contributed by atoms with E-state index < -0.39 is 15.8 Å². The number of sulfonamides is 1. The molecule has 2 aromatic carbocycles. The van der Waals surface area contributed by atoms with Gasteiger partial charge in [-0.3, -0.25) is 4.72 Å². The molecule has 4 aromatic rings. The summed E-state index contributed by atoms with van der Waals surface area (Å²) < 4.78 is 54.3. The van der Waals surface area contributed by atoms with Crippen LogP contribution in [0.2, 0.25) is 5.02 Å². The first kappa shape index (κ1) is 23.5. The highest BCUT2D eigenvalue weighted by Crippen LogP contribution is 2.38. The Kier molecular flexibility index (Phi) is 6.40. The van der Waals surface area contributed by atoms with Gasteiger partial charge in [-0.1, -0.05) is 23.7 Å². The van der Waals surface area contributed by atoms with Gasteiger partial charge in [0.05, 0.1) is 30.4 Å². The van der Waals surface area contributed by atoms with Gasteiger partial charge in [0.15, 0.2) is 10.7 Å². The van der Waals surface area contributed by atoms with Crippen molar-refractivity contribution in [2.24, 2.45) is 0 Å². The fraction of sp³-hybridized carbons (Fsp3) is 0.136. The minimum atomic E-state index is -4.28. The number of methoxy groups -OCH3 is 2. The molecule has 0 atom stereocenters. The van der Waals surface area contributed by atoms with Gasteiger partial charge in [-0.2, -0.15) is 0 Å². The number of nitrogens with zero attached hydrogens (tertiary/aromatic N) is 3. The van der Waals surface area contributed by atoms with E-state index in [1.54, 1.807) is 25.4 Å². The third-order valence-electron chi connectivity index (χ3n) is 4.93. The van der Waals surface area contributed by atoms with Gasteiger partial charge >= 0.3 is 0 Å².